The summed E-state index contributed by atoms with van der Waals surface area (Å²) in [5.74, 6) is 0. The van der Waals surface area contributed by atoms with Crippen molar-refractivity contribution in [1.82, 2.24) is 14.8 Å². The molecule has 92 valence electrons. The molecule has 0 bridgehead atoms. The van der Waals surface area contributed by atoms with Crippen LogP contribution in [0.3, 0.4) is 0 Å². The zero-order valence-corrected chi connectivity index (χ0v) is 11.6. The van der Waals surface area contributed by atoms with Gasteiger partial charge in [0.25, 0.3) is 0 Å². The normalized spacial score (nSPS) is 10.8. The van der Waals surface area contributed by atoms with E-state index in [1.807, 2.05) is 24.9 Å². The van der Waals surface area contributed by atoms with Crippen molar-refractivity contribution < 1.29 is 0 Å². The summed E-state index contributed by atoms with van der Waals surface area (Å²) in [5, 5.41) is 8.76. The van der Waals surface area contributed by atoms with Gasteiger partial charge in [0.2, 0.25) is 0 Å². The molecule has 0 spiro atoms. The number of hydrogen-bond donors (Lipinski definition) is 1. The van der Waals surface area contributed by atoms with E-state index < -0.39 is 0 Å². The molecule has 5 heteroatoms. The van der Waals surface area contributed by atoms with Crippen molar-refractivity contribution in [3.05, 3.63) is 28.0 Å². The van der Waals surface area contributed by atoms with E-state index in [9.17, 15) is 0 Å². The molecule has 2 aromatic rings. The van der Waals surface area contributed by atoms with Crippen LogP contribution < -0.4 is 5.32 Å². The third-order valence-corrected chi connectivity index (χ3v) is 4.08. The highest BCUT2D eigenvalue weighted by Gasteiger charge is 2.09. The van der Waals surface area contributed by atoms with Gasteiger partial charge in [-0.2, -0.15) is 5.10 Å². The predicted octanol–water partition coefficient (Wildman–Crippen LogP) is 2.67. The Morgan fingerprint density at radius 2 is 2.18 bits per heavy atom. The quantitative estimate of drug-likeness (QED) is 0.907. The van der Waals surface area contributed by atoms with Crippen LogP contribution in [-0.2, 0) is 20.0 Å². The number of hydrogen-bond acceptors (Lipinski definition) is 4. The maximum atomic E-state index is 4.40. The zero-order chi connectivity index (χ0) is 12.4. The largest absolute Gasteiger partial charge is 0.357 e. The minimum atomic E-state index is 0.794. The lowest BCUT2D eigenvalue weighted by atomic mass is 10.2. The van der Waals surface area contributed by atoms with E-state index >= 15 is 0 Å². The average molecular weight is 250 g/mol. The van der Waals surface area contributed by atoms with Gasteiger partial charge in [-0.15, -0.1) is 11.3 Å². The van der Waals surface area contributed by atoms with Gasteiger partial charge in [0.05, 0.1) is 5.69 Å². The molecule has 1 N–H and O–H groups in total. The fourth-order valence-corrected chi connectivity index (χ4v) is 2.54. The highest BCUT2D eigenvalue weighted by atomic mass is 32.1. The minimum absolute atomic E-state index is 0.794. The Morgan fingerprint density at radius 3 is 2.71 bits per heavy atom. The summed E-state index contributed by atoms with van der Waals surface area (Å²) in [5.41, 5.74) is 3.56. The molecule has 0 saturated carbocycles. The zero-order valence-electron chi connectivity index (χ0n) is 10.7. The van der Waals surface area contributed by atoms with Crippen molar-refractivity contribution in [3.8, 4) is 0 Å². The summed E-state index contributed by atoms with van der Waals surface area (Å²) in [6.45, 7) is 7.08. The first-order chi connectivity index (χ1) is 8.11. The van der Waals surface area contributed by atoms with Crippen LogP contribution in [0.25, 0.3) is 0 Å². The van der Waals surface area contributed by atoms with E-state index in [-0.39, 0.29) is 0 Å². The van der Waals surface area contributed by atoms with Gasteiger partial charge in [-0.05, 0) is 20.3 Å². The van der Waals surface area contributed by atoms with Gasteiger partial charge < -0.3 is 5.32 Å². The van der Waals surface area contributed by atoms with Crippen LogP contribution in [0.5, 0.6) is 0 Å². The fraction of sp³-hybridized carbons (Fsp3) is 0.500. The van der Waals surface area contributed by atoms with E-state index in [1.54, 1.807) is 11.3 Å². The number of anilines is 1. The fourth-order valence-electron chi connectivity index (χ4n) is 1.79. The number of nitrogens with zero attached hydrogens (tertiary/aromatic N) is 3. The Morgan fingerprint density at radius 1 is 1.41 bits per heavy atom. The first-order valence-electron chi connectivity index (χ1n) is 5.79. The molecule has 17 heavy (non-hydrogen) atoms. The van der Waals surface area contributed by atoms with Crippen LogP contribution in [0.2, 0.25) is 0 Å². The highest BCUT2D eigenvalue weighted by molar-refractivity contribution is 7.15. The lowest BCUT2D eigenvalue weighted by molar-refractivity contribution is 0.730. The summed E-state index contributed by atoms with van der Waals surface area (Å²) in [6, 6.07) is 0. The summed E-state index contributed by atoms with van der Waals surface area (Å²) >= 11 is 1.72. The van der Waals surface area contributed by atoms with E-state index in [0.717, 1.165) is 23.8 Å². The molecule has 0 aliphatic heterocycles. The van der Waals surface area contributed by atoms with E-state index in [1.165, 1.54) is 16.1 Å². The molecule has 0 unspecified atom stereocenters. The molecule has 4 nitrogen and oxygen atoms in total. The van der Waals surface area contributed by atoms with Crippen molar-refractivity contribution in [2.75, 3.05) is 5.32 Å². The van der Waals surface area contributed by atoms with Crippen LogP contribution in [0, 0.1) is 13.8 Å². The SMILES string of the molecule is CCc1cnc(NCc2c(C)nn(C)c2C)s1. The van der Waals surface area contributed by atoms with Gasteiger partial charge in [-0.3, -0.25) is 4.68 Å². The second kappa shape index (κ2) is 4.87. The molecule has 0 aromatic carbocycles. The number of aryl methyl sites for hydroxylation is 3. The van der Waals surface area contributed by atoms with Crippen molar-refractivity contribution in [2.45, 2.75) is 33.7 Å². The molecule has 0 amide bonds. The van der Waals surface area contributed by atoms with E-state index in [0.29, 0.717) is 0 Å². The van der Waals surface area contributed by atoms with Crippen LogP contribution in [-0.4, -0.2) is 14.8 Å². The van der Waals surface area contributed by atoms with E-state index in [2.05, 4.69) is 29.2 Å². The first-order valence-corrected chi connectivity index (χ1v) is 6.61. The topological polar surface area (TPSA) is 42.7 Å². The van der Waals surface area contributed by atoms with Gasteiger partial charge >= 0.3 is 0 Å². The first kappa shape index (κ1) is 12.1. The van der Waals surface area contributed by atoms with Gasteiger partial charge in [0.1, 0.15) is 0 Å². The smallest absolute Gasteiger partial charge is 0.183 e. The second-order valence-electron chi connectivity index (χ2n) is 4.11. The van der Waals surface area contributed by atoms with E-state index in [4.69, 9.17) is 0 Å². The molecule has 2 rings (SSSR count). The Balaban J connectivity index is 2.07. The third kappa shape index (κ3) is 2.49. The lowest BCUT2D eigenvalue weighted by Gasteiger charge is -2.03. The standard InChI is InChI=1S/C12H18N4S/c1-5-10-6-13-12(17-10)14-7-11-8(2)15-16(4)9(11)3/h6H,5,7H2,1-4H3,(H,13,14). The number of thiazole rings is 1. The molecule has 2 aromatic heterocycles. The van der Waals surface area contributed by atoms with Crippen molar-refractivity contribution in [3.63, 3.8) is 0 Å². The number of aromatic nitrogens is 3. The summed E-state index contributed by atoms with van der Waals surface area (Å²) < 4.78 is 1.92. The summed E-state index contributed by atoms with van der Waals surface area (Å²) in [7, 11) is 1.98. The highest BCUT2D eigenvalue weighted by Crippen LogP contribution is 2.20. The van der Waals surface area contributed by atoms with Crippen LogP contribution in [0.4, 0.5) is 5.13 Å². The average Bonchev–Trinajstić information content (AvgIpc) is 2.84. The van der Waals surface area contributed by atoms with Gasteiger partial charge in [0.15, 0.2) is 5.13 Å². The second-order valence-corrected chi connectivity index (χ2v) is 5.23. The lowest BCUT2D eigenvalue weighted by Crippen LogP contribution is -2.01. The summed E-state index contributed by atoms with van der Waals surface area (Å²) in [4.78, 5) is 5.66. The van der Waals surface area contributed by atoms with Gasteiger partial charge in [0, 0.05) is 35.9 Å². The molecular formula is C12H18N4S. The molecule has 0 radical (unpaired) electrons. The van der Waals surface area contributed by atoms with Crippen molar-refractivity contribution in [2.24, 2.45) is 7.05 Å². The van der Waals surface area contributed by atoms with Gasteiger partial charge in [-0.25, -0.2) is 4.98 Å². The monoisotopic (exact) mass is 250 g/mol. The molecular weight excluding hydrogens is 232 g/mol. The van der Waals surface area contributed by atoms with Crippen LogP contribution in [0.15, 0.2) is 6.20 Å². The maximum absolute atomic E-state index is 4.40. The Bertz CT molecular complexity index is 513. The predicted molar refractivity (Wildman–Crippen MR) is 71.5 cm³/mol. The molecule has 0 saturated heterocycles. The number of nitrogens with one attached hydrogen (secondary N) is 1. The molecule has 0 fully saturated rings. The Labute approximate surface area is 106 Å². The molecule has 0 aliphatic carbocycles. The molecule has 2 heterocycles. The van der Waals surface area contributed by atoms with Crippen LogP contribution in [0.1, 0.15) is 28.8 Å². The van der Waals surface area contributed by atoms with Crippen molar-refractivity contribution in [1.29, 1.82) is 0 Å². The Kier molecular flexibility index (Phi) is 3.47. The molecule has 0 aliphatic rings. The maximum Gasteiger partial charge on any atom is 0.183 e. The minimum Gasteiger partial charge on any atom is -0.357 e. The Hall–Kier alpha value is -1.36. The summed E-state index contributed by atoms with van der Waals surface area (Å²) in [6.07, 6.45) is 2.99. The number of rotatable bonds is 4. The van der Waals surface area contributed by atoms with Crippen LogP contribution >= 0.6 is 11.3 Å². The van der Waals surface area contributed by atoms with Crippen molar-refractivity contribution >= 4 is 16.5 Å². The molecule has 0 atom stereocenters. The van der Waals surface area contributed by atoms with Gasteiger partial charge in [-0.1, -0.05) is 6.92 Å². The third-order valence-electron chi connectivity index (χ3n) is 2.98.